The number of methoxy groups -OCH3 is 1. The molecule has 0 unspecified atom stereocenters. The van der Waals surface area contributed by atoms with Crippen LogP contribution in [0.1, 0.15) is 60.1 Å². The van der Waals surface area contributed by atoms with Gasteiger partial charge in [-0.05, 0) is 73.9 Å². The Kier molecular flexibility index (Phi) is 7.65. The van der Waals surface area contributed by atoms with Gasteiger partial charge in [-0.3, -0.25) is 0 Å². The first-order valence-electron chi connectivity index (χ1n) is 11.2. The number of ether oxygens (including phenoxy) is 3. The van der Waals surface area contributed by atoms with Crippen LogP contribution in [0.4, 0.5) is 0 Å². The van der Waals surface area contributed by atoms with Gasteiger partial charge < -0.3 is 14.2 Å². The van der Waals surface area contributed by atoms with Crippen molar-refractivity contribution < 1.29 is 19.0 Å². The molecule has 33 heavy (non-hydrogen) atoms. The quantitative estimate of drug-likeness (QED) is 0.376. The Hall–Kier alpha value is -2.87. The summed E-state index contributed by atoms with van der Waals surface area (Å²) >= 11 is 3.50. The van der Waals surface area contributed by atoms with Crippen molar-refractivity contribution in [2.24, 2.45) is 0 Å². The highest BCUT2D eigenvalue weighted by Crippen LogP contribution is 2.35. The third-order valence-electron chi connectivity index (χ3n) is 5.94. The zero-order valence-corrected chi connectivity index (χ0v) is 20.5. The summed E-state index contributed by atoms with van der Waals surface area (Å²) in [6.45, 7) is 2.46. The van der Waals surface area contributed by atoms with E-state index >= 15 is 0 Å². The third kappa shape index (κ3) is 5.74. The summed E-state index contributed by atoms with van der Waals surface area (Å²) in [5.74, 6) is 1.15. The molecule has 0 spiro atoms. The van der Waals surface area contributed by atoms with Gasteiger partial charge in [-0.25, -0.2) is 9.48 Å². The predicted octanol–water partition coefficient (Wildman–Crippen LogP) is 5.38. The fourth-order valence-electron chi connectivity index (χ4n) is 4.16. The molecule has 1 fully saturated rings. The van der Waals surface area contributed by atoms with Crippen LogP contribution in [0.15, 0.2) is 53.0 Å². The summed E-state index contributed by atoms with van der Waals surface area (Å²) in [4.78, 5) is 12.5. The molecule has 0 radical (unpaired) electrons. The van der Waals surface area contributed by atoms with Crippen molar-refractivity contribution in [3.8, 4) is 11.6 Å². The third-order valence-corrected chi connectivity index (χ3v) is 6.47. The zero-order chi connectivity index (χ0) is 23.2. The van der Waals surface area contributed by atoms with Crippen molar-refractivity contribution in [1.29, 1.82) is 0 Å². The Morgan fingerprint density at radius 1 is 1.06 bits per heavy atom. The summed E-state index contributed by atoms with van der Waals surface area (Å²) < 4.78 is 19.5. The molecule has 2 aromatic carbocycles. The van der Waals surface area contributed by atoms with Gasteiger partial charge in [0, 0.05) is 4.47 Å². The van der Waals surface area contributed by atoms with E-state index in [1.165, 1.54) is 5.56 Å². The smallest absolute Gasteiger partial charge is 0.364 e. The minimum absolute atomic E-state index is 0.00186. The number of esters is 1. The van der Waals surface area contributed by atoms with Crippen molar-refractivity contribution in [3.63, 3.8) is 0 Å². The maximum Gasteiger partial charge on any atom is 0.364 e. The molecule has 1 aromatic heterocycles. The Balaban J connectivity index is 1.48. The van der Waals surface area contributed by atoms with Crippen LogP contribution in [-0.2, 0) is 11.3 Å². The summed E-state index contributed by atoms with van der Waals surface area (Å²) in [5.41, 5.74) is 2.48. The Labute approximate surface area is 202 Å². The lowest BCUT2D eigenvalue weighted by Gasteiger charge is -2.29. The van der Waals surface area contributed by atoms with Gasteiger partial charge in [0.25, 0.3) is 0 Å². The van der Waals surface area contributed by atoms with Gasteiger partial charge in [0.15, 0.2) is 0 Å². The first-order chi connectivity index (χ1) is 16.1. The second kappa shape index (κ2) is 10.8. The predicted molar refractivity (Wildman–Crippen MR) is 128 cm³/mol. The van der Waals surface area contributed by atoms with Crippen molar-refractivity contribution in [1.82, 2.24) is 15.0 Å². The molecule has 0 atom stereocenters. The van der Waals surface area contributed by atoms with Gasteiger partial charge in [0.2, 0.25) is 11.6 Å². The number of carbonyl (C=O) groups is 1. The highest BCUT2D eigenvalue weighted by Gasteiger charge is 2.29. The molecular formula is C25H28BrN3O4. The molecule has 1 heterocycles. The van der Waals surface area contributed by atoms with Crippen molar-refractivity contribution in [3.05, 3.63) is 69.8 Å². The second-order valence-corrected chi connectivity index (χ2v) is 9.03. The van der Waals surface area contributed by atoms with E-state index in [9.17, 15) is 4.79 Å². The average molecular weight is 514 g/mol. The largest absolute Gasteiger partial charge is 0.497 e. The highest BCUT2D eigenvalue weighted by molar-refractivity contribution is 9.10. The second-order valence-electron chi connectivity index (χ2n) is 8.11. The van der Waals surface area contributed by atoms with Gasteiger partial charge in [-0.2, -0.15) is 0 Å². The molecule has 7 nitrogen and oxygen atoms in total. The summed E-state index contributed by atoms with van der Waals surface area (Å²) in [7, 11) is 1.63. The molecule has 3 aromatic rings. The van der Waals surface area contributed by atoms with E-state index in [0.717, 1.165) is 41.5 Å². The molecule has 8 heteroatoms. The lowest BCUT2D eigenvalue weighted by atomic mass is 9.83. The molecule has 1 saturated carbocycles. The monoisotopic (exact) mass is 513 g/mol. The van der Waals surface area contributed by atoms with Crippen LogP contribution in [0.25, 0.3) is 0 Å². The zero-order valence-electron chi connectivity index (χ0n) is 18.9. The van der Waals surface area contributed by atoms with Crippen LogP contribution >= 0.6 is 15.9 Å². The van der Waals surface area contributed by atoms with E-state index in [1.54, 1.807) is 18.7 Å². The van der Waals surface area contributed by atoms with Crippen LogP contribution in [0.2, 0.25) is 0 Å². The molecule has 0 saturated heterocycles. The maximum absolute atomic E-state index is 12.5. The fraction of sp³-hybridized carbons (Fsp3) is 0.400. The van der Waals surface area contributed by atoms with Crippen molar-refractivity contribution >= 4 is 21.9 Å². The number of hydrogen-bond donors (Lipinski definition) is 0. The molecule has 1 aliphatic rings. The maximum atomic E-state index is 12.5. The normalized spacial score (nSPS) is 18.0. The SMILES string of the molecule is CCOC(=O)c1nnn(Cc2ccc(OC)cc2)c1O[C@H]1CC[C@H](c2ccc(Br)cc2)CC1. The molecule has 1 aliphatic carbocycles. The first-order valence-corrected chi connectivity index (χ1v) is 12.0. The Morgan fingerprint density at radius 2 is 1.76 bits per heavy atom. The van der Waals surface area contributed by atoms with Crippen LogP contribution in [-0.4, -0.2) is 40.8 Å². The standard InChI is InChI=1S/C25H28BrN3O4/c1-3-32-25(30)23-24(29(28-27-23)16-17-4-12-21(31-2)13-5-17)33-22-14-8-19(9-15-22)18-6-10-20(26)11-7-18/h4-7,10-13,19,22H,3,8-9,14-16H2,1-2H3/t19-,22-. The minimum Gasteiger partial charge on any atom is -0.497 e. The van der Waals surface area contributed by atoms with E-state index < -0.39 is 5.97 Å². The number of hydrogen-bond acceptors (Lipinski definition) is 6. The van der Waals surface area contributed by atoms with Gasteiger partial charge in [-0.1, -0.05) is 45.4 Å². The fourth-order valence-corrected chi connectivity index (χ4v) is 4.43. The van der Waals surface area contributed by atoms with E-state index in [-0.39, 0.29) is 18.4 Å². The van der Waals surface area contributed by atoms with Crippen LogP contribution < -0.4 is 9.47 Å². The first kappa shape index (κ1) is 23.3. The Morgan fingerprint density at radius 3 is 2.39 bits per heavy atom. The molecule has 174 valence electrons. The van der Waals surface area contributed by atoms with Gasteiger partial charge in [0.1, 0.15) is 11.9 Å². The van der Waals surface area contributed by atoms with Gasteiger partial charge in [0.05, 0.1) is 20.3 Å². The average Bonchev–Trinajstić information content (AvgIpc) is 3.23. The minimum atomic E-state index is -0.517. The van der Waals surface area contributed by atoms with Crippen molar-refractivity contribution in [2.75, 3.05) is 13.7 Å². The number of carbonyl (C=O) groups excluding carboxylic acids is 1. The molecule has 0 N–H and O–H groups in total. The van der Waals surface area contributed by atoms with Gasteiger partial charge in [-0.15, -0.1) is 5.10 Å². The number of aromatic nitrogens is 3. The molecule has 0 amide bonds. The number of benzene rings is 2. The van der Waals surface area contributed by atoms with Gasteiger partial charge >= 0.3 is 5.97 Å². The highest BCUT2D eigenvalue weighted by atomic mass is 79.9. The summed E-state index contributed by atoms with van der Waals surface area (Å²) in [6, 6.07) is 16.2. The van der Waals surface area contributed by atoms with E-state index in [0.29, 0.717) is 18.3 Å². The summed E-state index contributed by atoms with van der Waals surface area (Å²) in [5, 5.41) is 8.28. The van der Waals surface area contributed by atoms with Crippen LogP contribution in [0.5, 0.6) is 11.6 Å². The van der Waals surface area contributed by atoms with Crippen molar-refractivity contribution in [2.45, 2.75) is 51.2 Å². The lowest BCUT2D eigenvalue weighted by molar-refractivity contribution is 0.0507. The summed E-state index contributed by atoms with van der Waals surface area (Å²) in [6.07, 6.45) is 3.85. The number of nitrogens with zero attached hydrogens (tertiary/aromatic N) is 3. The number of halogens is 1. The van der Waals surface area contributed by atoms with E-state index in [2.05, 4.69) is 50.5 Å². The lowest BCUT2D eigenvalue weighted by Crippen LogP contribution is -2.25. The molecule has 0 aliphatic heterocycles. The molecular weight excluding hydrogens is 486 g/mol. The van der Waals surface area contributed by atoms with Crippen LogP contribution in [0.3, 0.4) is 0 Å². The Bertz CT molecular complexity index is 1060. The number of rotatable bonds is 8. The molecule has 4 rings (SSSR count). The topological polar surface area (TPSA) is 75.5 Å². The van der Waals surface area contributed by atoms with Crippen LogP contribution in [0, 0.1) is 0 Å². The van der Waals surface area contributed by atoms with E-state index in [1.807, 2.05) is 24.3 Å². The van der Waals surface area contributed by atoms with E-state index in [4.69, 9.17) is 14.2 Å². The molecule has 0 bridgehead atoms.